The maximum atomic E-state index is 5.40. The molecule has 28 heavy (non-hydrogen) atoms. The van der Waals surface area contributed by atoms with E-state index in [9.17, 15) is 0 Å². The Morgan fingerprint density at radius 2 is 1.64 bits per heavy atom. The highest BCUT2D eigenvalue weighted by atomic mass is 16.3. The van der Waals surface area contributed by atoms with Gasteiger partial charge >= 0.3 is 0 Å². The molecule has 0 fully saturated rings. The first-order chi connectivity index (χ1) is 13.8. The molecule has 5 heteroatoms. The van der Waals surface area contributed by atoms with Gasteiger partial charge in [0.15, 0.2) is 0 Å². The molecular weight excluding hydrogens is 348 g/mol. The Kier molecular flexibility index (Phi) is 5.33. The van der Waals surface area contributed by atoms with Gasteiger partial charge in [0.2, 0.25) is 5.95 Å². The molecule has 5 nitrogen and oxygen atoms in total. The van der Waals surface area contributed by atoms with Crippen LogP contribution < -0.4 is 10.6 Å². The van der Waals surface area contributed by atoms with Gasteiger partial charge in [0.1, 0.15) is 11.6 Å². The molecule has 0 saturated heterocycles. The number of hydrogen-bond acceptors (Lipinski definition) is 5. The van der Waals surface area contributed by atoms with Gasteiger partial charge in [0.25, 0.3) is 0 Å². The number of benzene rings is 2. The number of hydrogen-bond donors (Lipinski definition) is 2. The third-order valence-electron chi connectivity index (χ3n) is 4.52. The summed E-state index contributed by atoms with van der Waals surface area (Å²) in [6.07, 6.45) is 1.67. The van der Waals surface area contributed by atoms with Crippen LogP contribution >= 0.6 is 0 Å². The monoisotopic (exact) mass is 370 g/mol. The summed E-state index contributed by atoms with van der Waals surface area (Å²) in [7, 11) is 0. The molecule has 0 amide bonds. The summed E-state index contributed by atoms with van der Waals surface area (Å²) in [5.74, 6) is 2.19. The van der Waals surface area contributed by atoms with Gasteiger partial charge in [-0.05, 0) is 30.2 Å². The first-order valence-corrected chi connectivity index (χ1v) is 9.27. The van der Waals surface area contributed by atoms with Gasteiger partial charge in [-0.25, -0.2) is 4.98 Å². The lowest BCUT2D eigenvalue weighted by molar-refractivity contribution is 0.518. The Morgan fingerprint density at radius 1 is 0.821 bits per heavy atom. The largest absolute Gasteiger partial charge is 0.467 e. The minimum atomic E-state index is 0.565. The normalized spacial score (nSPS) is 10.6. The molecule has 0 aliphatic heterocycles. The minimum Gasteiger partial charge on any atom is -0.467 e. The fourth-order valence-electron chi connectivity index (χ4n) is 2.95. The SMILES string of the molecule is Cc1ccccc1CNc1nc(NCc2ccco2)cc(-c2ccccc2)n1. The van der Waals surface area contributed by atoms with Crippen molar-refractivity contribution < 1.29 is 4.42 Å². The number of nitrogens with zero attached hydrogens (tertiary/aromatic N) is 2. The van der Waals surface area contributed by atoms with Crippen LogP contribution in [0.4, 0.5) is 11.8 Å². The molecule has 4 aromatic rings. The number of nitrogens with one attached hydrogen (secondary N) is 2. The maximum Gasteiger partial charge on any atom is 0.225 e. The fraction of sp³-hybridized carbons (Fsp3) is 0.130. The van der Waals surface area contributed by atoms with Crippen LogP contribution in [0.3, 0.4) is 0 Å². The summed E-state index contributed by atoms with van der Waals surface area (Å²) in [5.41, 5.74) is 4.38. The van der Waals surface area contributed by atoms with Gasteiger partial charge in [-0.2, -0.15) is 4.98 Å². The van der Waals surface area contributed by atoms with E-state index in [1.165, 1.54) is 11.1 Å². The Labute approximate surface area is 164 Å². The number of anilines is 2. The molecule has 4 rings (SSSR count). The lowest BCUT2D eigenvalue weighted by Crippen LogP contribution is -2.08. The number of aryl methyl sites for hydroxylation is 1. The predicted octanol–water partition coefficient (Wildman–Crippen LogP) is 5.27. The van der Waals surface area contributed by atoms with E-state index in [1.807, 2.05) is 60.7 Å². The van der Waals surface area contributed by atoms with Crippen LogP contribution in [0.5, 0.6) is 0 Å². The van der Waals surface area contributed by atoms with Crippen molar-refractivity contribution in [3.63, 3.8) is 0 Å². The van der Waals surface area contributed by atoms with Gasteiger partial charge in [-0.15, -0.1) is 0 Å². The van der Waals surface area contributed by atoms with Crippen molar-refractivity contribution in [2.75, 3.05) is 10.6 Å². The van der Waals surface area contributed by atoms with E-state index in [0.717, 1.165) is 22.8 Å². The number of rotatable bonds is 7. The molecular formula is C23H22N4O. The molecule has 0 aliphatic rings. The van der Waals surface area contributed by atoms with Gasteiger partial charge in [-0.1, -0.05) is 54.6 Å². The van der Waals surface area contributed by atoms with E-state index in [4.69, 9.17) is 9.40 Å². The van der Waals surface area contributed by atoms with Gasteiger partial charge in [-0.3, -0.25) is 0 Å². The Hall–Kier alpha value is -3.60. The third-order valence-corrected chi connectivity index (χ3v) is 4.52. The quantitative estimate of drug-likeness (QED) is 0.464. The molecule has 0 radical (unpaired) electrons. The van der Waals surface area contributed by atoms with Crippen LogP contribution in [0.15, 0.2) is 83.5 Å². The van der Waals surface area contributed by atoms with Crippen LogP contribution in [0, 0.1) is 6.92 Å². The zero-order valence-electron chi connectivity index (χ0n) is 15.7. The maximum absolute atomic E-state index is 5.40. The number of aromatic nitrogens is 2. The van der Waals surface area contributed by atoms with Crippen molar-refractivity contribution in [3.05, 3.63) is 95.9 Å². The first kappa shape index (κ1) is 17.8. The Morgan fingerprint density at radius 3 is 2.43 bits per heavy atom. The van der Waals surface area contributed by atoms with E-state index in [2.05, 4.69) is 34.7 Å². The molecule has 2 aromatic heterocycles. The van der Waals surface area contributed by atoms with Crippen molar-refractivity contribution in [1.29, 1.82) is 0 Å². The van der Waals surface area contributed by atoms with E-state index in [-0.39, 0.29) is 0 Å². The van der Waals surface area contributed by atoms with Crippen molar-refractivity contribution in [1.82, 2.24) is 9.97 Å². The fourth-order valence-corrected chi connectivity index (χ4v) is 2.95. The Balaban J connectivity index is 1.58. The van der Waals surface area contributed by atoms with Crippen molar-refractivity contribution in [3.8, 4) is 11.3 Å². The standard InChI is InChI=1S/C23H22N4O/c1-17-8-5-6-11-19(17)15-25-23-26-21(18-9-3-2-4-10-18)14-22(27-23)24-16-20-12-7-13-28-20/h2-14H,15-16H2,1H3,(H2,24,25,26,27). The van der Waals surface area contributed by atoms with Gasteiger partial charge in [0.05, 0.1) is 18.5 Å². The summed E-state index contributed by atoms with van der Waals surface area (Å²) < 4.78 is 5.40. The second-order valence-electron chi connectivity index (χ2n) is 6.54. The van der Waals surface area contributed by atoms with Crippen LogP contribution in [-0.4, -0.2) is 9.97 Å². The second kappa shape index (κ2) is 8.39. The van der Waals surface area contributed by atoms with E-state index >= 15 is 0 Å². The third kappa shape index (κ3) is 4.38. The van der Waals surface area contributed by atoms with E-state index in [0.29, 0.717) is 19.0 Å². The van der Waals surface area contributed by atoms with Crippen molar-refractivity contribution in [2.24, 2.45) is 0 Å². The molecule has 2 aromatic carbocycles. The highest BCUT2D eigenvalue weighted by molar-refractivity contribution is 5.64. The molecule has 0 spiro atoms. The average Bonchev–Trinajstić information content (AvgIpc) is 3.26. The zero-order valence-corrected chi connectivity index (χ0v) is 15.7. The van der Waals surface area contributed by atoms with E-state index in [1.54, 1.807) is 6.26 Å². The van der Waals surface area contributed by atoms with Crippen molar-refractivity contribution >= 4 is 11.8 Å². The minimum absolute atomic E-state index is 0.565. The highest BCUT2D eigenvalue weighted by Crippen LogP contribution is 2.22. The lowest BCUT2D eigenvalue weighted by atomic mass is 10.1. The van der Waals surface area contributed by atoms with Crippen molar-refractivity contribution in [2.45, 2.75) is 20.0 Å². The predicted molar refractivity (Wildman–Crippen MR) is 112 cm³/mol. The molecule has 0 atom stereocenters. The van der Waals surface area contributed by atoms with Crippen LogP contribution in [0.1, 0.15) is 16.9 Å². The van der Waals surface area contributed by atoms with Gasteiger partial charge in [0, 0.05) is 18.2 Å². The molecule has 2 N–H and O–H groups in total. The van der Waals surface area contributed by atoms with E-state index < -0.39 is 0 Å². The highest BCUT2D eigenvalue weighted by Gasteiger charge is 2.08. The molecule has 140 valence electrons. The average molecular weight is 370 g/mol. The summed E-state index contributed by atoms with van der Waals surface area (Å²) in [4.78, 5) is 9.34. The smallest absolute Gasteiger partial charge is 0.225 e. The second-order valence-corrected chi connectivity index (χ2v) is 6.54. The Bertz CT molecular complexity index is 1030. The van der Waals surface area contributed by atoms with Crippen LogP contribution in [0.25, 0.3) is 11.3 Å². The number of furan rings is 1. The summed E-state index contributed by atoms with van der Waals surface area (Å²) in [6.45, 7) is 3.34. The first-order valence-electron chi connectivity index (χ1n) is 9.27. The zero-order chi connectivity index (χ0) is 19.2. The summed E-state index contributed by atoms with van der Waals surface area (Å²) >= 11 is 0. The van der Waals surface area contributed by atoms with Gasteiger partial charge < -0.3 is 15.1 Å². The topological polar surface area (TPSA) is 63.0 Å². The lowest BCUT2D eigenvalue weighted by Gasteiger charge is -2.12. The molecule has 0 saturated carbocycles. The molecule has 0 bridgehead atoms. The molecule has 2 heterocycles. The van der Waals surface area contributed by atoms with Crippen LogP contribution in [-0.2, 0) is 13.1 Å². The van der Waals surface area contributed by atoms with Crippen LogP contribution in [0.2, 0.25) is 0 Å². The molecule has 0 unspecified atom stereocenters. The molecule has 0 aliphatic carbocycles. The summed E-state index contributed by atoms with van der Waals surface area (Å²) in [5, 5.41) is 6.68. The summed E-state index contributed by atoms with van der Waals surface area (Å²) in [6, 6.07) is 24.2.